The van der Waals surface area contributed by atoms with Crippen molar-refractivity contribution < 1.29 is 0 Å². The van der Waals surface area contributed by atoms with Gasteiger partial charge in [0.15, 0.2) is 0 Å². The second-order valence-electron chi connectivity index (χ2n) is 3.41. The van der Waals surface area contributed by atoms with E-state index in [9.17, 15) is 0 Å². The lowest BCUT2D eigenvalue weighted by atomic mass is 9.90. The van der Waals surface area contributed by atoms with Crippen LogP contribution in [-0.4, -0.2) is 0 Å². The van der Waals surface area contributed by atoms with E-state index in [1.54, 1.807) is 0 Å². The molecule has 3 atom stereocenters. The van der Waals surface area contributed by atoms with E-state index in [0.717, 1.165) is 11.8 Å². The fourth-order valence-electron chi connectivity index (χ4n) is 2.40. The third-order valence-corrected chi connectivity index (χ3v) is 2.90. The molecular formula is C8H11N. The van der Waals surface area contributed by atoms with Crippen molar-refractivity contribution in [3.63, 3.8) is 0 Å². The van der Waals surface area contributed by atoms with Gasteiger partial charge in [-0.25, -0.2) is 0 Å². The SMILES string of the molecule is N#CC1C[C@@H]2CCC1C2. The first-order valence-electron chi connectivity index (χ1n) is 3.80. The summed E-state index contributed by atoms with van der Waals surface area (Å²) in [5.41, 5.74) is 0. The summed E-state index contributed by atoms with van der Waals surface area (Å²) in [5.74, 6) is 2.16. The van der Waals surface area contributed by atoms with Crippen LogP contribution in [0.2, 0.25) is 0 Å². The van der Waals surface area contributed by atoms with Crippen LogP contribution in [0.5, 0.6) is 0 Å². The van der Waals surface area contributed by atoms with Crippen molar-refractivity contribution >= 4 is 0 Å². The van der Waals surface area contributed by atoms with Gasteiger partial charge in [-0.2, -0.15) is 5.26 Å². The summed E-state index contributed by atoms with van der Waals surface area (Å²) in [4.78, 5) is 0. The first-order chi connectivity index (χ1) is 4.40. The smallest absolute Gasteiger partial charge is 0.0658 e. The van der Waals surface area contributed by atoms with Crippen molar-refractivity contribution in [1.82, 2.24) is 0 Å². The van der Waals surface area contributed by atoms with Crippen molar-refractivity contribution in [3.05, 3.63) is 0 Å². The average molecular weight is 121 g/mol. The van der Waals surface area contributed by atoms with Gasteiger partial charge in [0.1, 0.15) is 0 Å². The highest BCUT2D eigenvalue weighted by Crippen LogP contribution is 2.47. The van der Waals surface area contributed by atoms with Gasteiger partial charge in [0.05, 0.1) is 6.07 Å². The molecule has 1 nitrogen and oxygen atoms in total. The highest BCUT2D eigenvalue weighted by atomic mass is 14.4. The van der Waals surface area contributed by atoms with E-state index in [1.807, 2.05) is 0 Å². The Morgan fingerprint density at radius 2 is 2.11 bits per heavy atom. The molecule has 0 spiro atoms. The van der Waals surface area contributed by atoms with E-state index >= 15 is 0 Å². The molecule has 9 heavy (non-hydrogen) atoms. The molecule has 0 aromatic carbocycles. The molecule has 1 heteroatoms. The van der Waals surface area contributed by atoms with E-state index < -0.39 is 0 Å². The van der Waals surface area contributed by atoms with E-state index in [2.05, 4.69) is 6.07 Å². The molecule has 0 N–H and O–H groups in total. The maximum absolute atomic E-state index is 8.64. The number of hydrogen-bond donors (Lipinski definition) is 0. The minimum absolute atomic E-state index is 0.434. The highest BCUT2D eigenvalue weighted by Gasteiger charge is 2.39. The molecule has 48 valence electrons. The Kier molecular flexibility index (Phi) is 1.02. The summed E-state index contributed by atoms with van der Waals surface area (Å²) in [6.07, 6.45) is 5.31. The number of rotatable bonds is 0. The van der Waals surface area contributed by atoms with Gasteiger partial charge in [-0.05, 0) is 31.1 Å². The maximum atomic E-state index is 8.64. The number of nitrogens with zero attached hydrogens (tertiary/aromatic N) is 1. The zero-order chi connectivity index (χ0) is 6.27. The molecule has 0 heterocycles. The third kappa shape index (κ3) is 0.660. The third-order valence-electron chi connectivity index (χ3n) is 2.90. The molecule has 2 unspecified atom stereocenters. The summed E-state index contributed by atoms with van der Waals surface area (Å²) in [6, 6.07) is 2.40. The van der Waals surface area contributed by atoms with Crippen LogP contribution < -0.4 is 0 Å². The van der Waals surface area contributed by atoms with Crippen LogP contribution in [0.1, 0.15) is 25.7 Å². The second kappa shape index (κ2) is 1.73. The van der Waals surface area contributed by atoms with Crippen LogP contribution in [0.15, 0.2) is 0 Å². The number of fused-ring (bicyclic) bond motifs is 2. The van der Waals surface area contributed by atoms with E-state index in [-0.39, 0.29) is 0 Å². The molecule has 2 bridgehead atoms. The Morgan fingerprint density at radius 3 is 2.44 bits per heavy atom. The summed E-state index contributed by atoms with van der Waals surface area (Å²) < 4.78 is 0. The first-order valence-corrected chi connectivity index (χ1v) is 3.80. The van der Waals surface area contributed by atoms with Crippen molar-refractivity contribution in [2.75, 3.05) is 0 Å². The first kappa shape index (κ1) is 5.29. The number of hydrogen-bond acceptors (Lipinski definition) is 1. The molecule has 0 aromatic heterocycles. The van der Waals surface area contributed by atoms with Gasteiger partial charge in [-0.1, -0.05) is 6.42 Å². The van der Waals surface area contributed by atoms with E-state index in [4.69, 9.17) is 5.26 Å². The lowest BCUT2D eigenvalue weighted by Crippen LogP contribution is -2.06. The molecule has 0 aromatic rings. The van der Waals surface area contributed by atoms with Crippen LogP contribution in [0.3, 0.4) is 0 Å². The molecule has 0 radical (unpaired) electrons. The van der Waals surface area contributed by atoms with Gasteiger partial charge in [-0.3, -0.25) is 0 Å². The molecule has 0 amide bonds. The van der Waals surface area contributed by atoms with Crippen molar-refractivity contribution in [2.45, 2.75) is 25.7 Å². The van der Waals surface area contributed by atoms with E-state index in [1.165, 1.54) is 25.7 Å². The molecule has 0 aliphatic heterocycles. The van der Waals surface area contributed by atoms with Gasteiger partial charge < -0.3 is 0 Å². The Morgan fingerprint density at radius 1 is 1.22 bits per heavy atom. The van der Waals surface area contributed by atoms with Crippen molar-refractivity contribution in [2.24, 2.45) is 17.8 Å². The summed E-state index contributed by atoms with van der Waals surface area (Å²) in [6.45, 7) is 0. The maximum Gasteiger partial charge on any atom is 0.0658 e. The predicted molar refractivity (Wildman–Crippen MR) is 34.6 cm³/mol. The summed E-state index contributed by atoms with van der Waals surface area (Å²) in [7, 11) is 0. The molecule has 2 aliphatic carbocycles. The standard InChI is InChI=1S/C8H11N/c9-5-8-4-6-1-2-7(8)3-6/h6-8H,1-4H2/t6-,7?,8?/m1/s1. The van der Waals surface area contributed by atoms with Crippen LogP contribution in [0.25, 0.3) is 0 Å². The Bertz CT molecular complexity index is 156. The Balaban J connectivity index is 2.12. The molecular weight excluding hydrogens is 110 g/mol. The minimum Gasteiger partial charge on any atom is -0.198 e. The normalized spacial score (nSPS) is 47.2. The number of nitriles is 1. The average Bonchev–Trinajstić information content (AvgIpc) is 2.45. The zero-order valence-corrected chi connectivity index (χ0v) is 5.51. The second-order valence-corrected chi connectivity index (χ2v) is 3.41. The predicted octanol–water partition coefficient (Wildman–Crippen LogP) is 1.95. The van der Waals surface area contributed by atoms with Gasteiger partial charge in [0.2, 0.25) is 0 Å². The van der Waals surface area contributed by atoms with Gasteiger partial charge >= 0.3 is 0 Å². The van der Waals surface area contributed by atoms with Crippen LogP contribution in [-0.2, 0) is 0 Å². The van der Waals surface area contributed by atoms with Gasteiger partial charge in [0.25, 0.3) is 0 Å². The fourth-order valence-corrected chi connectivity index (χ4v) is 2.40. The lowest BCUT2D eigenvalue weighted by Gasteiger charge is -2.12. The highest BCUT2D eigenvalue weighted by molar-refractivity contribution is 4.99. The lowest BCUT2D eigenvalue weighted by molar-refractivity contribution is 0.402. The van der Waals surface area contributed by atoms with Gasteiger partial charge in [-0.15, -0.1) is 0 Å². The van der Waals surface area contributed by atoms with Gasteiger partial charge in [0, 0.05) is 5.92 Å². The molecule has 0 saturated heterocycles. The van der Waals surface area contributed by atoms with E-state index in [0.29, 0.717) is 5.92 Å². The van der Waals surface area contributed by atoms with Crippen molar-refractivity contribution in [1.29, 1.82) is 5.26 Å². The Hall–Kier alpha value is -0.510. The topological polar surface area (TPSA) is 23.8 Å². The largest absolute Gasteiger partial charge is 0.198 e. The fraction of sp³-hybridized carbons (Fsp3) is 0.875. The zero-order valence-electron chi connectivity index (χ0n) is 5.51. The molecule has 2 saturated carbocycles. The monoisotopic (exact) mass is 121 g/mol. The van der Waals surface area contributed by atoms with Crippen LogP contribution in [0, 0.1) is 29.1 Å². The molecule has 2 rings (SSSR count). The molecule has 2 aliphatic rings. The van der Waals surface area contributed by atoms with Crippen molar-refractivity contribution in [3.8, 4) is 6.07 Å². The van der Waals surface area contributed by atoms with Crippen LogP contribution in [0.4, 0.5) is 0 Å². The van der Waals surface area contributed by atoms with Crippen LogP contribution >= 0.6 is 0 Å². The summed E-state index contributed by atoms with van der Waals surface area (Å²) >= 11 is 0. The Labute approximate surface area is 55.7 Å². The molecule has 2 fully saturated rings. The minimum atomic E-state index is 0.434. The quantitative estimate of drug-likeness (QED) is 0.480. The summed E-state index contributed by atoms with van der Waals surface area (Å²) in [5, 5.41) is 8.64.